The van der Waals surface area contributed by atoms with E-state index >= 15 is 0 Å². The fraction of sp³-hybridized carbons (Fsp3) is 0.636. The van der Waals surface area contributed by atoms with Gasteiger partial charge in [-0.1, -0.05) is 0 Å². The number of nitrogens with one attached hydrogen (secondary N) is 2. The molecule has 1 atom stereocenters. The maximum absolute atomic E-state index is 12.7. The van der Waals surface area contributed by atoms with E-state index in [1.54, 1.807) is 18.7 Å². The Morgan fingerprint density at radius 1 is 1.37 bits per heavy atom. The number of hydrogen-bond donors (Lipinski definition) is 2. The first-order chi connectivity index (χ1) is 8.99. The topological polar surface area (TPSA) is 49.8 Å². The normalized spacial score (nSPS) is 19.5. The smallest absolute Gasteiger partial charge is 0.370 e. The molecular weight excluding hydrogens is 277 g/mol. The molecule has 2 rings (SSSR count). The Labute approximate surface area is 113 Å². The van der Waals surface area contributed by atoms with Crippen molar-refractivity contribution >= 4 is 23.4 Å². The average Bonchev–Trinajstić information content (AvgIpc) is 2.81. The number of anilines is 2. The van der Waals surface area contributed by atoms with E-state index < -0.39 is 12.0 Å². The molecule has 8 heteroatoms. The minimum Gasteiger partial charge on any atom is -0.370 e. The fourth-order valence-corrected chi connectivity index (χ4v) is 2.93. The Kier molecular flexibility index (Phi) is 4.38. The molecule has 1 unspecified atom stereocenters. The van der Waals surface area contributed by atoms with Crippen LogP contribution in [0.25, 0.3) is 0 Å². The van der Waals surface area contributed by atoms with Crippen molar-refractivity contribution in [2.75, 3.05) is 28.7 Å². The molecule has 0 amide bonds. The number of nitrogens with zero attached hydrogens (tertiary/aromatic N) is 2. The van der Waals surface area contributed by atoms with Gasteiger partial charge in [-0.15, -0.1) is 0 Å². The Balaban J connectivity index is 2.22. The molecule has 0 aromatic carbocycles. The maximum atomic E-state index is 12.7. The second-order valence-electron chi connectivity index (χ2n) is 4.19. The van der Waals surface area contributed by atoms with Crippen LogP contribution in [-0.2, 0) is 6.18 Å². The Bertz CT molecular complexity index is 432. The largest absolute Gasteiger partial charge is 0.451 e. The monoisotopic (exact) mass is 292 g/mol. The van der Waals surface area contributed by atoms with E-state index in [1.807, 2.05) is 0 Å². The summed E-state index contributed by atoms with van der Waals surface area (Å²) in [6.45, 7) is 2.31. The Morgan fingerprint density at radius 2 is 2.11 bits per heavy atom. The van der Waals surface area contributed by atoms with E-state index in [-0.39, 0.29) is 17.7 Å². The second-order valence-corrected chi connectivity index (χ2v) is 5.34. The molecule has 1 aromatic rings. The van der Waals surface area contributed by atoms with Gasteiger partial charge in [0.25, 0.3) is 0 Å². The van der Waals surface area contributed by atoms with Crippen molar-refractivity contribution in [1.82, 2.24) is 9.97 Å². The highest BCUT2D eigenvalue weighted by Crippen LogP contribution is 2.29. The molecule has 0 radical (unpaired) electrons. The van der Waals surface area contributed by atoms with E-state index in [2.05, 4.69) is 20.6 Å². The number of aromatic nitrogens is 2. The zero-order valence-electron chi connectivity index (χ0n) is 10.4. The number of rotatable bonds is 4. The van der Waals surface area contributed by atoms with Gasteiger partial charge in [0.2, 0.25) is 5.82 Å². The molecule has 0 spiro atoms. The minimum atomic E-state index is -4.54. The van der Waals surface area contributed by atoms with Gasteiger partial charge in [-0.25, -0.2) is 9.97 Å². The summed E-state index contributed by atoms with van der Waals surface area (Å²) in [7, 11) is 0. The highest BCUT2D eigenvalue weighted by atomic mass is 32.2. The maximum Gasteiger partial charge on any atom is 0.451 e. The van der Waals surface area contributed by atoms with E-state index in [4.69, 9.17) is 0 Å². The van der Waals surface area contributed by atoms with Crippen molar-refractivity contribution in [3.05, 3.63) is 11.9 Å². The Morgan fingerprint density at radius 3 is 2.68 bits per heavy atom. The van der Waals surface area contributed by atoms with Gasteiger partial charge in [-0.3, -0.25) is 0 Å². The summed E-state index contributed by atoms with van der Waals surface area (Å²) in [6, 6.07) is 1.69. The molecule has 106 valence electrons. The summed E-state index contributed by atoms with van der Waals surface area (Å²) >= 11 is 1.78. The van der Waals surface area contributed by atoms with Crippen LogP contribution in [-0.4, -0.2) is 34.1 Å². The molecule has 1 saturated heterocycles. The lowest BCUT2D eigenvalue weighted by Gasteiger charge is -2.15. The van der Waals surface area contributed by atoms with Crippen molar-refractivity contribution in [3.8, 4) is 0 Å². The van der Waals surface area contributed by atoms with E-state index in [0.717, 1.165) is 17.9 Å². The quantitative estimate of drug-likeness (QED) is 0.893. The lowest BCUT2D eigenvalue weighted by atomic mass is 10.2. The lowest BCUT2D eigenvalue weighted by molar-refractivity contribution is -0.144. The molecule has 1 fully saturated rings. The van der Waals surface area contributed by atoms with Gasteiger partial charge in [0.05, 0.1) is 0 Å². The molecule has 2 N–H and O–H groups in total. The Hall–Kier alpha value is -1.18. The molecule has 19 heavy (non-hydrogen) atoms. The van der Waals surface area contributed by atoms with Crippen molar-refractivity contribution < 1.29 is 13.2 Å². The van der Waals surface area contributed by atoms with Crippen LogP contribution < -0.4 is 10.6 Å². The molecule has 2 heterocycles. The van der Waals surface area contributed by atoms with Crippen LogP contribution in [0.15, 0.2) is 6.07 Å². The van der Waals surface area contributed by atoms with Gasteiger partial charge in [0.15, 0.2) is 0 Å². The number of hydrogen-bond acceptors (Lipinski definition) is 5. The third-order valence-corrected chi connectivity index (χ3v) is 3.78. The standard InChI is InChI=1S/C11H15F3N4S/c1-2-15-8-5-9(16-7-3-4-19-6-7)18-10(17-8)11(12,13)14/h5,7H,2-4,6H2,1H3,(H2,15,16,17,18). The SMILES string of the molecule is CCNc1cc(NC2CCSC2)nc(C(F)(F)F)n1. The highest BCUT2D eigenvalue weighted by molar-refractivity contribution is 7.99. The van der Waals surface area contributed by atoms with Gasteiger partial charge < -0.3 is 10.6 Å². The van der Waals surface area contributed by atoms with Gasteiger partial charge in [-0.05, 0) is 19.1 Å². The second kappa shape index (κ2) is 5.85. The van der Waals surface area contributed by atoms with Crippen LogP contribution in [0.5, 0.6) is 0 Å². The van der Waals surface area contributed by atoms with Crippen molar-refractivity contribution in [3.63, 3.8) is 0 Å². The van der Waals surface area contributed by atoms with Gasteiger partial charge in [0.1, 0.15) is 11.6 Å². The summed E-state index contributed by atoms with van der Waals surface area (Å²) in [6.07, 6.45) is -3.60. The summed E-state index contributed by atoms with van der Waals surface area (Å²) in [5.41, 5.74) is 0. The number of alkyl halides is 3. The van der Waals surface area contributed by atoms with Gasteiger partial charge in [-0.2, -0.15) is 24.9 Å². The average molecular weight is 292 g/mol. The van der Waals surface area contributed by atoms with Crippen LogP contribution >= 0.6 is 11.8 Å². The molecule has 4 nitrogen and oxygen atoms in total. The first-order valence-electron chi connectivity index (χ1n) is 6.03. The van der Waals surface area contributed by atoms with Gasteiger partial charge in [0, 0.05) is 24.4 Å². The van der Waals surface area contributed by atoms with Crippen molar-refractivity contribution in [2.45, 2.75) is 25.6 Å². The van der Waals surface area contributed by atoms with Crippen molar-refractivity contribution in [2.24, 2.45) is 0 Å². The van der Waals surface area contributed by atoms with E-state index in [9.17, 15) is 13.2 Å². The predicted molar refractivity (Wildman–Crippen MR) is 70.6 cm³/mol. The zero-order valence-corrected chi connectivity index (χ0v) is 11.2. The predicted octanol–water partition coefficient (Wildman–Crippen LogP) is 2.84. The molecule has 0 saturated carbocycles. The third kappa shape index (κ3) is 3.89. The van der Waals surface area contributed by atoms with Crippen LogP contribution in [0.2, 0.25) is 0 Å². The lowest BCUT2D eigenvalue weighted by Crippen LogP contribution is -2.21. The van der Waals surface area contributed by atoms with Crippen LogP contribution in [0.4, 0.5) is 24.8 Å². The van der Waals surface area contributed by atoms with Crippen LogP contribution in [0.3, 0.4) is 0 Å². The van der Waals surface area contributed by atoms with Crippen molar-refractivity contribution in [1.29, 1.82) is 0 Å². The zero-order chi connectivity index (χ0) is 13.9. The third-order valence-electron chi connectivity index (χ3n) is 2.62. The summed E-state index contributed by atoms with van der Waals surface area (Å²) in [5.74, 6) is 1.22. The first-order valence-corrected chi connectivity index (χ1v) is 7.19. The van der Waals surface area contributed by atoms with Crippen LogP contribution in [0.1, 0.15) is 19.2 Å². The number of thioether (sulfide) groups is 1. The molecule has 0 aliphatic carbocycles. The summed E-state index contributed by atoms with van der Waals surface area (Å²) in [5, 5.41) is 5.83. The van der Waals surface area contributed by atoms with Crippen LogP contribution in [0, 0.1) is 0 Å². The summed E-state index contributed by atoms with van der Waals surface area (Å²) < 4.78 is 38.2. The molecular formula is C11H15F3N4S. The molecule has 1 aliphatic heterocycles. The van der Waals surface area contributed by atoms with E-state index in [0.29, 0.717) is 6.54 Å². The fourth-order valence-electron chi connectivity index (χ4n) is 1.78. The highest BCUT2D eigenvalue weighted by Gasteiger charge is 2.35. The first kappa shape index (κ1) is 14.2. The number of halogens is 3. The van der Waals surface area contributed by atoms with Gasteiger partial charge >= 0.3 is 6.18 Å². The molecule has 0 bridgehead atoms. The van der Waals surface area contributed by atoms with E-state index in [1.165, 1.54) is 6.07 Å². The summed E-state index contributed by atoms with van der Waals surface area (Å²) in [4.78, 5) is 7.03. The molecule has 1 aromatic heterocycles. The molecule has 1 aliphatic rings. The minimum absolute atomic E-state index is 0.176.